The number of nitrogens with one attached hydrogen (secondary N) is 4. The van der Waals surface area contributed by atoms with Crippen molar-refractivity contribution in [2.75, 3.05) is 0 Å². The van der Waals surface area contributed by atoms with Gasteiger partial charge in [-0.2, -0.15) is 0 Å². The van der Waals surface area contributed by atoms with E-state index in [9.17, 15) is 20.2 Å². The minimum atomic E-state index is -0.287. The molecule has 62 heavy (non-hydrogen) atoms. The van der Waals surface area contributed by atoms with E-state index in [1.807, 2.05) is 24.3 Å². The highest BCUT2D eigenvalue weighted by atomic mass is 16.6. The van der Waals surface area contributed by atoms with Crippen molar-refractivity contribution in [3.63, 3.8) is 0 Å². The summed E-state index contributed by atoms with van der Waals surface area (Å²) in [5.41, 5.74) is 21.0. The molecule has 2 aromatic carbocycles. The van der Waals surface area contributed by atoms with Crippen molar-refractivity contribution in [2.24, 2.45) is 0 Å². The van der Waals surface area contributed by atoms with Crippen molar-refractivity contribution >= 4 is 11.4 Å². The summed E-state index contributed by atoms with van der Waals surface area (Å²) in [5, 5.41) is 24.6. The van der Waals surface area contributed by atoms with E-state index < -0.39 is 0 Å². The van der Waals surface area contributed by atoms with Crippen molar-refractivity contribution in [1.29, 1.82) is 0 Å². The highest BCUT2D eigenvalue weighted by Gasteiger charge is 2.34. The second kappa shape index (κ2) is 19.2. The van der Waals surface area contributed by atoms with Crippen LogP contribution in [0, 0.1) is 47.9 Å². The molecule has 0 spiro atoms. The van der Waals surface area contributed by atoms with Crippen LogP contribution in [-0.2, 0) is 38.5 Å². The Morgan fingerprint density at radius 1 is 0.484 bits per heavy atom. The number of benzene rings is 2. The van der Waals surface area contributed by atoms with E-state index in [-0.39, 0.29) is 33.1 Å². The van der Waals surface area contributed by atoms with Crippen molar-refractivity contribution < 1.29 is 9.85 Å². The fourth-order valence-electron chi connectivity index (χ4n) is 10.4. The van der Waals surface area contributed by atoms with Crippen molar-refractivity contribution in [3.05, 3.63) is 170 Å². The summed E-state index contributed by atoms with van der Waals surface area (Å²) in [5.74, 6) is -0.573. The molecule has 0 fully saturated rings. The number of nitro benzene ring substituents is 2. The second-order valence-corrected chi connectivity index (χ2v) is 17.8. The highest BCUT2D eigenvalue weighted by Crippen LogP contribution is 2.44. The fourth-order valence-corrected chi connectivity index (χ4v) is 10.4. The average Bonchev–Trinajstić information content (AvgIpc) is 3.94. The van der Waals surface area contributed by atoms with Crippen LogP contribution in [0.25, 0.3) is 0 Å². The summed E-state index contributed by atoms with van der Waals surface area (Å²) >= 11 is 0. The fraction of sp³-hybridized carbons (Fsp3) is 0.462. The van der Waals surface area contributed by atoms with E-state index in [0.29, 0.717) is 12.8 Å². The van der Waals surface area contributed by atoms with E-state index in [4.69, 9.17) is 0 Å². The lowest BCUT2D eigenvalue weighted by Gasteiger charge is -2.19. The van der Waals surface area contributed by atoms with Gasteiger partial charge in [-0.05, 0) is 135 Å². The molecule has 0 unspecified atom stereocenters. The first kappa shape index (κ1) is 44.4. The quantitative estimate of drug-likeness (QED) is 0.0566. The number of H-pyrrole nitrogens is 4. The van der Waals surface area contributed by atoms with Crippen LogP contribution in [-0.4, -0.2) is 29.8 Å². The minimum absolute atomic E-state index is 0.0872. The maximum atomic E-state index is 12.3. The number of hydrogen-bond donors (Lipinski definition) is 4. The lowest BCUT2D eigenvalue weighted by Crippen LogP contribution is -2.09. The van der Waals surface area contributed by atoms with Crippen LogP contribution in [0.5, 0.6) is 0 Å². The molecule has 0 saturated heterocycles. The number of hydrogen-bond acceptors (Lipinski definition) is 4. The Morgan fingerprint density at radius 3 is 1.00 bits per heavy atom. The molecule has 0 radical (unpaired) electrons. The highest BCUT2D eigenvalue weighted by molar-refractivity contribution is 5.57. The molecule has 10 nitrogen and oxygen atoms in total. The van der Waals surface area contributed by atoms with Crippen LogP contribution in [0.1, 0.15) is 192 Å². The first-order chi connectivity index (χ1) is 29.9. The Labute approximate surface area is 367 Å². The van der Waals surface area contributed by atoms with Gasteiger partial charge in [-0.3, -0.25) is 20.2 Å². The van der Waals surface area contributed by atoms with Gasteiger partial charge in [0.1, 0.15) is 0 Å². The molecule has 0 aliphatic carbocycles. The molecule has 10 heteroatoms. The molecule has 328 valence electrons. The molecule has 4 aromatic heterocycles. The molecule has 8 bridgehead atoms. The van der Waals surface area contributed by atoms with Crippen LogP contribution in [0.15, 0.2) is 48.5 Å². The maximum Gasteiger partial charge on any atom is 0.269 e. The third-order valence-electron chi connectivity index (χ3n) is 13.8. The molecule has 4 N–H and O–H groups in total. The molecule has 0 amide bonds. The molecule has 0 saturated carbocycles. The number of fused-ring (bicyclic) bond motifs is 8. The SMILES string of the molecule is CCCCc1c2[nH]c(c1C)C(c1cccc([N+](=O)[O-])c1)c1[nH]c(c(CCCC)c1C)Cc1[nH]c(c(C)c1CCCC)C(c1cccc([N+](=O)[O-])c1)c1[nH]c(c(CCCC)c1C)C2. The van der Waals surface area contributed by atoms with E-state index in [1.165, 1.54) is 67.3 Å². The number of nitrogens with zero attached hydrogens (tertiary/aromatic N) is 2. The van der Waals surface area contributed by atoms with Gasteiger partial charge in [-0.1, -0.05) is 77.6 Å². The summed E-state index contributed by atoms with van der Waals surface area (Å²) < 4.78 is 0. The summed E-state index contributed by atoms with van der Waals surface area (Å²) in [4.78, 5) is 40.2. The molecule has 5 heterocycles. The third kappa shape index (κ3) is 8.57. The first-order valence-corrected chi connectivity index (χ1v) is 23.2. The van der Waals surface area contributed by atoms with Gasteiger partial charge < -0.3 is 19.9 Å². The normalized spacial score (nSPS) is 15.0. The van der Waals surface area contributed by atoms with Crippen molar-refractivity contribution in [3.8, 4) is 0 Å². The Balaban J connectivity index is 1.59. The molecular weight excluding hydrogens is 773 g/mol. The monoisotopic (exact) mass is 839 g/mol. The third-order valence-corrected chi connectivity index (χ3v) is 13.8. The lowest BCUT2D eigenvalue weighted by atomic mass is 9.86. The van der Waals surface area contributed by atoms with Crippen LogP contribution in [0.3, 0.4) is 0 Å². The second-order valence-electron chi connectivity index (χ2n) is 17.8. The first-order valence-electron chi connectivity index (χ1n) is 23.2. The van der Waals surface area contributed by atoms with Crippen molar-refractivity contribution in [2.45, 2.75) is 157 Å². The smallest absolute Gasteiger partial charge is 0.269 e. The summed E-state index contributed by atoms with van der Waals surface area (Å²) in [6.45, 7) is 17.9. The maximum absolute atomic E-state index is 12.3. The summed E-state index contributed by atoms with van der Waals surface area (Å²) in [7, 11) is 0. The predicted octanol–water partition coefficient (Wildman–Crippen LogP) is 13.3. The van der Waals surface area contributed by atoms with E-state index in [1.54, 1.807) is 24.3 Å². The topological polar surface area (TPSA) is 149 Å². The summed E-state index contributed by atoms with van der Waals surface area (Å²) in [6.07, 6.45) is 13.4. The Hall–Kier alpha value is -5.64. The lowest BCUT2D eigenvalue weighted by molar-refractivity contribution is -0.385. The molecule has 6 aromatic rings. The molecule has 7 rings (SSSR count). The zero-order valence-corrected chi connectivity index (χ0v) is 38.2. The standard InChI is InChI=1S/C52H66N6O4/c1-9-13-23-39-31(5)49-47(35-19-17-21-37(27-35)57(59)60)50-33(7)41(25-15-11-3)45(55-50)30-46-42(26-16-12-4)34(8)52(56-46)48(36-20-18-22-38(28-36)58(61)62)51-32(6)40(24-14-10-2)44(54-51)29-43(39)53-49/h17-22,27-28,47-48,53-56H,9-16,23-26,29-30H2,1-8H3. The van der Waals surface area contributed by atoms with Gasteiger partial charge in [-0.15, -0.1) is 0 Å². The zero-order chi connectivity index (χ0) is 44.2. The van der Waals surface area contributed by atoms with Crippen LogP contribution in [0.4, 0.5) is 11.4 Å². The van der Waals surface area contributed by atoms with E-state index >= 15 is 0 Å². The van der Waals surface area contributed by atoms with Gasteiger partial charge in [-0.25, -0.2) is 0 Å². The molecule has 1 aliphatic rings. The average molecular weight is 839 g/mol. The minimum Gasteiger partial charge on any atom is -0.361 e. The van der Waals surface area contributed by atoms with Gasteiger partial charge >= 0.3 is 0 Å². The largest absolute Gasteiger partial charge is 0.361 e. The molecule has 0 atom stereocenters. The number of rotatable bonds is 16. The van der Waals surface area contributed by atoms with E-state index in [0.717, 1.165) is 111 Å². The number of aromatic amines is 4. The van der Waals surface area contributed by atoms with Crippen LogP contribution < -0.4 is 0 Å². The Kier molecular flexibility index (Phi) is 13.7. The van der Waals surface area contributed by atoms with Crippen LogP contribution >= 0.6 is 0 Å². The number of nitro groups is 2. The van der Waals surface area contributed by atoms with Gasteiger partial charge in [0, 0.05) is 82.7 Å². The van der Waals surface area contributed by atoms with Crippen LogP contribution in [0.2, 0.25) is 0 Å². The van der Waals surface area contributed by atoms with Crippen molar-refractivity contribution in [1.82, 2.24) is 19.9 Å². The van der Waals surface area contributed by atoms with Gasteiger partial charge in [0.25, 0.3) is 11.4 Å². The number of unbranched alkanes of at least 4 members (excludes halogenated alkanes) is 4. The van der Waals surface area contributed by atoms with Gasteiger partial charge in [0.2, 0.25) is 0 Å². The number of aromatic nitrogens is 4. The van der Waals surface area contributed by atoms with E-state index in [2.05, 4.69) is 75.3 Å². The zero-order valence-electron chi connectivity index (χ0n) is 38.2. The Morgan fingerprint density at radius 2 is 0.758 bits per heavy atom. The van der Waals surface area contributed by atoms with Gasteiger partial charge in [0.15, 0.2) is 0 Å². The Bertz CT molecular complexity index is 2270. The number of non-ortho nitro benzene ring substituents is 2. The predicted molar refractivity (Wildman–Crippen MR) is 250 cm³/mol. The molecular formula is C52H66N6O4. The molecule has 1 aliphatic heterocycles. The van der Waals surface area contributed by atoms with Gasteiger partial charge in [0.05, 0.1) is 21.7 Å². The summed E-state index contributed by atoms with van der Waals surface area (Å²) in [6, 6.07) is 14.5.